The Bertz CT molecular complexity index is 822. The molecule has 2 aromatic rings. The molecule has 2 rings (SSSR count). The van der Waals surface area contributed by atoms with E-state index in [4.69, 9.17) is 4.74 Å². The molecule has 7 heteroatoms. The summed E-state index contributed by atoms with van der Waals surface area (Å²) in [5.41, 5.74) is 1.63. The van der Waals surface area contributed by atoms with Crippen LogP contribution >= 0.6 is 0 Å². The van der Waals surface area contributed by atoms with E-state index in [1.54, 1.807) is 31.1 Å². The first-order valence-corrected chi connectivity index (χ1v) is 8.00. The van der Waals surface area contributed by atoms with E-state index in [9.17, 15) is 14.0 Å². The van der Waals surface area contributed by atoms with Crippen LogP contribution in [0.25, 0.3) is 0 Å². The molecule has 0 unspecified atom stereocenters. The van der Waals surface area contributed by atoms with Crippen molar-refractivity contribution in [3.63, 3.8) is 0 Å². The summed E-state index contributed by atoms with van der Waals surface area (Å²) in [5.74, 6) is -1.19. The molecule has 2 amide bonds. The van der Waals surface area contributed by atoms with E-state index < -0.39 is 11.7 Å². The van der Waals surface area contributed by atoms with Crippen LogP contribution in [0.5, 0.6) is 5.75 Å². The molecule has 2 aromatic carbocycles. The highest BCUT2D eigenvalue weighted by molar-refractivity contribution is 6.07. The lowest BCUT2D eigenvalue weighted by Crippen LogP contribution is -2.27. The number of rotatable bonds is 6. The number of nitrogens with zero attached hydrogens (tertiary/aromatic N) is 1. The van der Waals surface area contributed by atoms with Crippen LogP contribution in [0.3, 0.4) is 0 Å². The minimum absolute atomic E-state index is 0.113. The fourth-order valence-corrected chi connectivity index (χ4v) is 2.34. The van der Waals surface area contributed by atoms with Gasteiger partial charge in [0.15, 0.2) is 0 Å². The van der Waals surface area contributed by atoms with Crippen LogP contribution in [0.2, 0.25) is 0 Å². The van der Waals surface area contributed by atoms with Crippen molar-refractivity contribution in [1.82, 2.24) is 4.90 Å². The van der Waals surface area contributed by atoms with Gasteiger partial charge in [0.05, 0.1) is 30.6 Å². The van der Waals surface area contributed by atoms with Crippen molar-refractivity contribution < 1.29 is 18.7 Å². The van der Waals surface area contributed by atoms with E-state index in [-0.39, 0.29) is 18.0 Å². The fourth-order valence-electron chi connectivity index (χ4n) is 2.34. The van der Waals surface area contributed by atoms with Gasteiger partial charge in [-0.15, -0.1) is 0 Å². The molecule has 2 N–H and O–H groups in total. The quantitative estimate of drug-likeness (QED) is 0.832. The highest BCUT2D eigenvalue weighted by Crippen LogP contribution is 2.25. The highest BCUT2D eigenvalue weighted by atomic mass is 19.1. The van der Waals surface area contributed by atoms with Crippen molar-refractivity contribution in [2.75, 3.05) is 38.4 Å². The molecule has 0 aliphatic carbocycles. The number of methoxy groups -OCH3 is 1. The molecule has 0 aromatic heterocycles. The number of hydrogen-bond acceptors (Lipinski definition) is 4. The van der Waals surface area contributed by atoms with Crippen LogP contribution < -0.4 is 15.4 Å². The van der Waals surface area contributed by atoms with Crippen LogP contribution in [0, 0.1) is 12.7 Å². The first-order valence-electron chi connectivity index (χ1n) is 8.00. The lowest BCUT2D eigenvalue weighted by molar-refractivity contribution is -0.116. The number of hydrogen-bond donors (Lipinski definition) is 2. The van der Waals surface area contributed by atoms with Gasteiger partial charge in [-0.1, -0.05) is 6.07 Å². The third kappa shape index (κ3) is 5.03. The van der Waals surface area contributed by atoms with Crippen LogP contribution in [0.15, 0.2) is 36.4 Å². The van der Waals surface area contributed by atoms with Gasteiger partial charge in [0.2, 0.25) is 5.91 Å². The summed E-state index contributed by atoms with van der Waals surface area (Å²) in [4.78, 5) is 26.2. The van der Waals surface area contributed by atoms with Gasteiger partial charge in [-0.3, -0.25) is 9.59 Å². The number of carbonyl (C=O) groups excluding carboxylic acids is 2. The molecular weight excluding hydrogens is 337 g/mol. The Labute approximate surface area is 152 Å². The molecular formula is C19H22FN3O3. The van der Waals surface area contributed by atoms with Gasteiger partial charge < -0.3 is 20.3 Å². The van der Waals surface area contributed by atoms with Crippen LogP contribution in [-0.2, 0) is 4.79 Å². The highest BCUT2D eigenvalue weighted by Gasteiger charge is 2.15. The van der Waals surface area contributed by atoms with E-state index in [0.717, 1.165) is 11.6 Å². The summed E-state index contributed by atoms with van der Waals surface area (Å²) in [7, 11) is 4.98. The number of amides is 2. The first kappa shape index (κ1) is 19.4. The Hall–Kier alpha value is -2.93. The number of benzene rings is 2. The third-order valence-electron chi connectivity index (χ3n) is 3.58. The third-order valence-corrected chi connectivity index (χ3v) is 3.58. The van der Waals surface area contributed by atoms with E-state index >= 15 is 0 Å². The zero-order valence-electron chi connectivity index (χ0n) is 15.2. The summed E-state index contributed by atoms with van der Waals surface area (Å²) in [6.07, 6.45) is 0. The van der Waals surface area contributed by atoms with Crippen molar-refractivity contribution >= 4 is 23.2 Å². The molecule has 6 nitrogen and oxygen atoms in total. The lowest BCUT2D eigenvalue weighted by atomic mass is 10.1. The van der Waals surface area contributed by atoms with E-state index in [1.807, 2.05) is 13.0 Å². The number of halogens is 1. The van der Waals surface area contributed by atoms with E-state index in [1.165, 1.54) is 19.2 Å². The molecule has 0 atom stereocenters. The predicted octanol–water partition coefficient (Wildman–Crippen LogP) is 2.90. The average molecular weight is 359 g/mol. The molecule has 0 aliphatic rings. The zero-order valence-corrected chi connectivity index (χ0v) is 15.2. The first-order chi connectivity index (χ1) is 12.3. The summed E-state index contributed by atoms with van der Waals surface area (Å²) >= 11 is 0. The molecule has 0 aliphatic heterocycles. The summed E-state index contributed by atoms with van der Waals surface area (Å²) in [6.45, 7) is 2.06. The van der Waals surface area contributed by atoms with E-state index in [0.29, 0.717) is 17.1 Å². The fraction of sp³-hybridized carbons (Fsp3) is 0.263. The monoisotopic (exact) mass is 359 g/mol. The molecule has 0 bridgehead atoms. The Kier molecular flexibility index (Phi) is 6.30. The van der Waals surface area contributed by atoms with Crippen molar-refractivity contribution in [2.24, 2.45) is 0 Å². The molecule has 0 radical (unpaired) electrons. The normalized spacial score (nSPS) is 10.5. The molecule has 26 heavy (non-hydrogen) atoms. The minimum atomic E-state index is -0.687. The van der Waals surface area contributed by atoms with Crippen molar-refractivity contribution in [1.29, 1.82) is 0 Å². The predicted molar refractivity (Wildman–Crippen MR) is 99.3 cm³/mol. The Morgan fingerprint density at radius 3 is 2.42 bits per heavy atom. The second-order valence-electron chi connectivity index (χ2n) is 6.13. The second kappa shape index (κ2) is 8.44. The molecule has 0 saturated carbocycles. The number of aryl methyl sites for hydroxylation is 1. The van der Waals surface area contributed by atoms with Crippen molar-refractivity contribution in [2.45, 2.75) is 6.92 Å². The Balaban J connectivity index is 2.24. The Morgan fingerprint density at radius 2 is 1.81 bits per heavy atom. The Morgan fingerprint density at radius 1 is 1.08 bits per heavy atom. The van der Waals surface area contributed by atoms with Crippen LogP contribution in [0.1, 0.15) is 15.9 Å². The number of likely N-dealkylation sites (N-methyl/N-ethyl adjacent to an activating group) is 1. The second-order valence-corrected chi connectivity index (χ2v) is 6.13. The van der Waals surface area contributed by atoms with Crippen molar-refractivity contribution in [3.8, 4) is 5.75 Å². The maximum absolute atomic E-state index is 14.1. The van der Waals surface area contributed by atoms with Crippen molar-refractivity contribution in [3.05, 3.63) is 53.3 Å². The lowest BCUT2D eigenvalue weighted by Gasteiger charge is -2.15. The number of ether oxygens (including phenoxy) is 1. The maximum atomic E-state index is 14.1. The molecule has 0 heterocycles. The minimum Gasteiger partial charge on any atom is -0.497 e. The van der Waals surface area contributed by atoms with Gasteiger partial charge >= 0.3 is 0 Å². The van der Waals surface area contributed by atoms with Gasteiger partial charge in [0.1, 0.15) is 11.6 Å². The SMILES string of the molecule is COc1ccc(C(=O)Nc2cc(C)ccc2NC(=O)CN(C)C)c(F)c1. The molecule has 0 spiro atoms. The summed E-state index contributed by atoms with van der Waals surface area (Å²) in [6, 6.07) is 9.23. The number of nitrogens with one attached hydrogen (secondary N) is 2. The smallest absolute Gasteiger partial charge is 0.258 e. The van der Waals surface area contributed by atoms with Gasteiger partial charge in [-0.25, -0.2) is 4.39 Å². The zero-order chi connectivity index (χ0) is 19.3. The van der Waals surface area contributed by atoms with Gasteiger partial charge in [-0.05, 0) is 50.8 Å². The van der Waals surface area contributed by atoms with Gasteiger partial charge in [0, 0.05) is 6.07 Å². The largest absolute Gasteiger partial charge is 0.497 e. The van der Waals surface area contributed by atoms with Gasteiger partial charge in [-0.2, -0.15) is 0 Å². The topological polar surface area (TPSA) is 70.7 Å². The average Bonchev–Trinajstić information content (AvgIpc) is 2.56. The standard InChI is InChI=1S/C19H22FN3O3/c1-12-5-8-16(21-18(24)11-23(2)3)17(9-12)22-19(25)14-7-6-13(26-4)10-15(14)20/h5-10H,11H2,1-4H3,(H,21,24)(H,22,25). The summed E-state index contributed by atoms with van der Waals surface area (Å²) < 4.78 is 19.0. The molecule has 0 saturated heterocycles. The van der Waals surface area contributed by atoms with Crippen LogP contribution in [0.4, 0.5) is 15.8 Å². The molecule has 0 fully saturated rings. The maximum Gasteiger partial charge on any atom is 0.258 e. The number of anilines is 2. The molecule has 138 valence electrons. The van der Waals surface area contributed by atoms with E-state index in [2.05, 4.69) is 10.6 Å². The van der Waals surface area contributed by atoms with Crippen LogP contribution in [-0.4, -0.2) is 44.5 Å². The van der Waals surface area contributed by atoms with Gasteiger partial charge in [0.25, 0.3) is 5.91 Å². The summed E-state index contributed by atoms with van der Waals surface area (Å²) in [5, 5.41) is 5.41. The number of carbonyl (C=O) groups is 2.